The average Bonchev–Trinajstić information content (AvgIpc) is 2.85. The number of hydrogen-bond donors (Lipinski definition) is 1. The zero-order valence-corrected chi connectivity index (χ0v) is 12.9. The number of likely N-dealkylation sites (tertiary alicyclic amines) is 1. The molecule has 2 atom stereocenters. The second-order valence-electron chi connectivity index (χ2n) is 6.66. The summed E-state index contributed by atoms with van der Waals surface area (Å²) in [4.78, 5) is 2.36. The minimum atomic E-state index is -0.632. The predicted molar refractivity (Wildman–Crippen MR) is 80.9 cm³/mol. The maximum atomic E-state index is 10.0. The molecule has 2 aliphatic heterocycles. The minimum Gasteiger partial charge on any atom is -0.390 e. The van der Waals surface area contributed by atoms with Gasteiger partial charge in [0.05, 0.1) is 18.3 Å². The molecule has 0 aromatic heterocycles. The largest absolute Gasteiger partial charge is 0.390 e. The summed E-state index contributed by atoms with van der Waals surface area (Å²) < 4.78 is 12.1. The summed E-state index contributed by atoms with van der Waals surface area (Å²) in [6.45, 7) is 7.26. The molecule has 1 aromatic carbocycles. The van der Waals surface area contributed by atoms with E-state index in [0.717, 1.165) is 38.0 Å². The Morgan fingerprint density at radius 2 is 1.86 bits per heavy atom. The predicted octanol–water partition coefficient (Wildman–Crippen LogP) is 2.12. The van der Waals surface area contributed by atoms with E-state index in [1.807, 2.05) is 44.2 Å². The molecule has 0 radical (unpaired) electrons. The first-order valence-corrected chi connectivity index (χ1v) is 7.79. The molecule has 2 fully saturated rings. The first-order valence-electron chi connectivity index (χ1n) is 7.79. The van der Waals surface area contributed by atoms with Gasteiger partial charge in [0.1, 0.15) is 0 Å². The quantitative estimate of drug-likeness (QED) is 0.926. The zero-order chi connectivity index (χ0) is 14.9. The maximum Gasteiger partial charge on any atom is 0.192 e. The van der Waals surface area contributed by atoms with Gasteiger partial charge in [0.2, 0.25) is 0 Å². The summed E-state index contributed by atoms with van der Waals surface area (Å²) in [6, 6.07) is 10.1. The van der Waals surface area contributed by atoms with Crippen molar-refractivity contribution < 1.29 is 14.6 Å². The number of aliphatic hydroxyl groups is 1. The summed E-state index contributed by atoms with van der Waals surface area (Å²) in [5, 5.41) is 10.0. The van der Waals surface area contributed by atoms with Crippen LogP contribution in [0, 0.1) is 0 Å². The Bertz CT molecular complexity index is 466. The molecule has 3 rings (SSSR count). The molecule has 0 saturated carbocycles. The van der Waals surface area contributed by atoms with Crippen LogP contribution < -0.4 is 0 Å². The molecule has 2 heterocycles. The first-order chi connectivity index (χ1) is 9.97. The standard InChI is InChI=1S/C17H25NO3/c1-16(19)8-10-18(11-9-16)12-15-13-20-17(2,21-15)14-6-4-3-5-7-14/h3-7,15,19H,8-13H2,1-2H3. The molecule has 0 spiro atoms. The van der Waals surface area contributed by atoms with E-state index in [1.54, 1.807) is 0 Å². The second-order valence-corrected chi connectivity index (χ2v) is 6.66. The summed E-state index contributed by atoms with van der Waals surface area (Å²) in [7, 11) is 0. The van der Waals surface area contributed by atoms with Crippen LogP contribution in [0.15, 0.2) is 30.3 Å². The van der Waals surface area contributed by atoms with Gasteiger partial charge >= 0.3 is 0 Å². The summed E-state index contributed by atoms with van der Waals surface area (Å²) in [6.07, 6.45) is 1.76. The fourth-order valence-electron chi connectivity index (χ4n) is 3.13. The van der Waals surface area contributed by atoms with Crippen LogP contribution in [-0.2, 0) is 15.3 Å². The molecule has 0 aliphatic carbocycles. The summed E-state index contributed by atoms with van der Waals surface area (Å²) in [5.41, 5.74) is 0.566. The molecule has 21 heavy (non-hydrogen) atoms. The molecule has 4 heteroatoms. The highest BCUT2D eigenvalue weighted by Crippen LogP contribution is 2.34. The van der Waals surface area contributed by atoms with Gasteiger partial charge in [0, 0.05) is 25.2 Å². The van der Waals surface area contributed by atoms with Crippen LogP contribution in [0.1, 0.15) is 32.3 Å². The van der Waals surface area contributed by atoms with E-state index >= 15 is 0 Å². The number of piperidine rings is 1. The lowest BCUT2D eigenvalue weighted by atomic mass is 9.94. The number of nitrogens with zero attached hydrogens (tertiary/aromatic N) is 1. The fraction of sp³-hybridized carbons (Fsp3) is 0.647. The Labute approximate surface area is 126 Å². The van der Waals surface area contributed by atoms with Gasteiger partial charge in [-0.2, -0.15) is 0 Å². The Morgan fingerprint density at radius 1 is 1.19 bits per heavy atom. The van der Waals surface area contributed by atoms with Gasteiger partial charge in [-0.3, -0.25) is 0 Å². The van der Waals surface area contributed by atoms with Gasteiger partial charge < -0.3 is 19.5 Å². The lowest BCUT2D eigenvalue weighted by Gasteiger charge is -2.36. The number of ether oxygens (including phenoxy) is 2. The van der Waals surface area contributed by atoms with Crippen LogP contribution >= 0.6 is 0 Å². The Kier molecular flexibility index (Phi) is 4.06. The third-order valence-corrected chi connectivity index (χ3v) is 4.63. The molecule has 1 aromatic rings. The van der Waals surface area contributed by atoms with Gasteiger partial charge in [-0.25, -0.2) is 0 Å². The molecular formula is C17H25NO3. The average molecular weight is 291 g/mol. The number of benzene rings is 1. The van der Waals surface area contributed by atoms with Crippen LogP contribution in [-0.4, -0.2) is 48.0 Å². The van der Waals surface area contributed by atoms with Crippen molar-refractivity contribution in [1.29, 1.82) is 0 Å². The van der Waals surface area contributed by atoms with Crippen molar-refractivity contribution in [2.75, 3.05) is 26.2 Å². The molecule has 1 N–H and O–H groups in total. The van der Waals surface area contributed by atoms with Gasteiger partial charge in [-0.05, 0) is 26.7 Å². The van der Waals surface area contributed by atoms with E-state index in [1.165, 1.54) is 0 Å². The molecule has 4 nitrogen and oxygen atoms in total. The number of hydrogen-bond acceptors (Lipinski definition) is 4. The minimum absolute atomic E-state index is 0.0956. The normalized spacial score (nSPS) is 33.2. The smallest absolute Gasteiger partial charge is 0.192 e. The second kappa shape index (κ2) is 5.69. The molecule has 116 valence electrons. The van der Waals surface area contributed by atoms with E-state index in [0.29, 0.717) is 6.61 Å². The van der Waals surface area contributed by atoms with Gasteiger partial charge in [0.15, 0.2) is 5.79 Å². The van der Waals surface area contributed by atoms with Crippen molar-refractivity contribution in [2.45, 2.75) is 44.2 Å². The summed E-state index contributed by atoms with van der Waals surface area (Å²) in [5.74, 6) is -0.632. The molecule has 2 saturated heterocycles. The van der Waals surface area contributed by atoms with Crippen molar-refractivity contribution in [3.8, 4) is 0 Å². The van der Waals surface area contributed by atoms with E-state index in [-0.39, 0.29) is 6.10 Å². The van der Waals surface area contributed by atoms with Gasteiger partial charge in [-0.1, -0.05) is 30.3 Å². The van der Waals surface area contributed by atoms with Crippen LogP contribution in [0.4, 0.5) is 0 Å². The van der Waals surface area contributed by atoms with Gasteiger partial charge in [0.25, 0.3) is 0 Å². The first kappa shape index (κ1) is 15.0. The van der Waals surface area contributed by atoms with Crippen LogP contribution in [0.25, 0.3) is 0 Å². The van der Waals surface area contributed by atoms with Crippen molar-refractivity contribution >= 4 is 0 Å². The molecule has 0 amide bonds. The Hall–Kier alpha value is -0.940. The fourth-order valence-corrected chi connectivity index (χ4v) is 3.13. The van der Waals surface area contributed by atoms with Gasteiger partial charge in [-0.15, -0.1) is 0 Å². The SMILES string of the molecule is CC1(O)CCN(CC2COC(C)(c3ccccc3)O2)CC1. The van der Waals surface area contributed by atoms with Crippen LogP contribution in [0.3, 0.4) is 0 Å². The number of rotatable bonds is 3. The van der Waals surface area contributed by atoms with E-state index in [9.17, 15) is 5.11 Å². The lowest BCUT2D eigenvalue weighted by molar-refractivity contribution is -0.164. The van der Waals surface area contributed by atoms with E-state index in [4.69, 9.17) is 9.47 Å². The highest BCUT2D eigenvalue weighted by atomic mass is 16.7. The summed E-state index contributed by atoms with van der Waals surface area (Å²) >= 11 is 0. The maximum absolute atomic E-state index is 10.0. The monoisotopic (exact) mass is 291 g/mol. The highest BCUT2D eigenvalue weighted by molar-refractivity contribution is 5.20. The third kappa shape index (κ3) is 3.46. The molecule has 2 aliphatic rings. The topological polar surface area (TPSA) is 41.9 Å². The van der Waals surface area contributed by atoms with Crippen LogP contribution in [0.5, 0.6) is 0 Å². The van der Waals surface area contributed by atoms with Crippen molar-refractivity contribution in [3.63, 3.8) is 0 Å². The molecule has 2 unspecified atom stereocenters. The Balaban J connectivity index is 1.56. The van der Waals surface area contributed by atoms with E-state index in [2.05, 4.69) is 4.90 Å². The Morgan fingerprint density at radius 3 is 2.52 bits per heavy atom. The van der Waals surface area contributed by atoms with Crippen molar-refractivity contribution in [1.82, 2.24) is 4.90 Å². The van der Waals surface area contributed by atoms with Crippen molar-refractivity contribution in [2.24, 2.45) is 0 Å². The molecule has 0 bridgehead atoms. The van der Waals surface area contributed by atoms with Crippen molar-refractivity contribution in [3.05, 3.63) is 35.9 Å². The third-order valence-electron chi connectivity index (χ3n) is 4.63. The zero-order valence-electron chi connectivity index (χ0n) is 12.9. The molecular weight excluding hydrogens is 266 g/mol. The highest BCUT2D eigenvalue weighted by Gasteiger charge is 2.40. The lowest BCUT2D eigenvalue weighted by Crippen LogP contribution is -2.45. The van der Waals surface area contributed by atoms with E-state index < -0.39 is 11.4 Å². The van der Waals surface area contributed by atoms with Crippen LogP contribution in [0.2, 0.25) is 0 Å².